The summed E-state index contributed by atoms with van der Waals surface area (Å²) in [6, 6.07) is 13.2. The van der Waals surface area contributed by atoms with Gasteiger partial charge in [-0.1, -0.05) is 12.1 Å². The van der Waals surface area contributed by atoms with Crippen molar-refractivity contribution in [1.29, 1.82) is 0 Å². The number of rotatable bonds is 9. The van der Waals surface area contributed by atoms with E-state index in [1.165, 1.54) is 4.90 Å². The number of ether oxygens (including phenoxy) is 3. The highest BCUT2D eigenvalue weighted by atomic mass is 16.5. The first-order valence-corrected chi connectivity index (χ1v) is 11.0. The van der Waals surface area contributed by atoms with Gasteiger partial charge in [-0.3, -0.25) is 9.59 Å². The first-order chi connectivity index (χ1) is 15.7. The van der Waals surface area contributed by atoms with E-state index in [9.17, 15) is 14.7 Å². The zero-order valence-electron chi connectivity index (χ0n) is 19.7. The molecule has 1 aliphatic heterocycles. The van der Waals surface area contributed by atoms with E-state index in [0.29, 0.717) is 22.6 Å². The number of aliphatic hydroxyl groups excluding tert-OH is 1. The number of ketones is 1. The molecule has 1 N–H and O–H groups in total. The number of likely N-dealkylation sites (tertiary alicyclic amines) is 1. The van der Waals surface area contributed by atoms with Crippen LogP contribution in [0.2, 0.25) is 0 Å². The molecule has 7 heteroatoms. The second kappa shape index (κ2) is 10.5. The minimum absolute atomic E-state index is 0.00664. The first-order valence-electron chi connectivity index (χ1n) is 11.0. The Morgan fingerprint density at radius 2 is 1.55 bits per heavy atom. The summed E-state index contributed by atoms with van der Waals surface area (Å²) in [5.74, 6) is -0.304. The van der Waals surface area contributed by atoms with Crippen LogP contribution in [-0.2, 0) is 14.3 Å². The summed E-state index contributed by atoms with van der Waals surface area (Å²) < 4.78 is 16.5. The van der Waals surface area contributed by atoms with E-state index in [-0.39, 0.29) is 36.7 Å². The average Bonchev–Trinajstić information content (AvgIpc) is 3.03. The fourth-order valence-electron chi connectivity index (χ4n) is 3.75. The van der Waals surface area contributed by atoms with E-state index in [1.54, 1.807) is 55.6 Å². The van der Waals surface area contributed by atoms with Gasteiger partial charge in [-0.15, -0.1) is 0 Å². The van der Waals surface area contributed by atoms with Gasteiger partial charge >= 0.3 is 0 Å². The van der Waals surface area contributed by atoms with Crippen molar-refractivity contribution in [2.45, 2.75) is 45.9 Å². The molecule has 176 valence electrons. The predicted octanol–water partition coefficient (Wildman–Crippen LogP) is 4.33. The van der Waals surface area contributed by atoms with Crippen LogP contribution in [0.25, 0.3) is 5.76 Å². The minimum atomic E-state index is -0.738. The van der Waals surface area contributed by atoms with E-state index >= 15 is 0 Å². The fourth-order valence-corrected chi connectivity index (χ4v) is 3.75. The normalized spacial score (nSPS) is 17.8. The Morgan fingerprint density at radius 1 is 0.939 bits per heavy atom. The van der Waals surface area contributed by atoms with Crippen molar-refractivity contribution in [2.24, 2.45) is 0 Å². The molecule has 0 saturated carbocycles. The molecule has 0 bridgehead atoms. The monoisotopic (exact) mass is 453 g/mol. The summed E-state index contributed by atoms with van der Waals surface area (Å²) in [4.78, 5) is 27.4. The van der Waals surface area contributed by atoms with Crippen LogP contribution in [0.1, 0.15) is 44.9 Å². The molecule has 0 radical (unpaired) electrons. The predicted molar refractivity (Wildman–Crippen MR) is 125 cm³/mol. The minimum Gasteiger partial charge on any atom is -0.507 e. The van der Waals surface area contributed by atoms with Gasteiger partial charge in [0.15, 0.2) is 0 Å². The number of hydrogen-bond donors (Lipinski definition) is 1. The number of amides is 1. The lowest BCUT2D eigenvalue weighted by molar-refractivity contribution is -0.140. The lowest BCUT2D eigenvalue weighted by atomic mass is 9.95. The van der Waals surface area contributed by atoms with Gasteiger partial charge in [0.1, 0.15) is 17.3 Å². The van der Waals surface area contributed by atoms with Crippen LogP contribution in [0, 0.1) is 0 Å². The molecule has 2 aromatic carbocycles. The van der Waals surface area contributed by atoms with E-state index in [4.69, 9.17) is 14.2 Å². The molecule has 0 aromatic heterocycles. The van der Waals surface area contributed by atoms with Crippen molar-refractivity contribution in [3.05, 3.63) is 65.2 Å². The molecule has 1 aliphatic rings. The molecule has 1 fully saturated rings. The number of aliphatic hydroxyl groups is 1. The van der Waals surface area contributed by atoms with Crippen molar-refractivity contribution in [1.82, 2.24) is 4.90 Å². The average molecular weight is 454 g/mol. The molecular formula is C26H31NO6. The van der Waals surface area contributed by atoms with Gasteiger partial charge in [-0.05, 0) is 69.7 Å². The molecule has 1 unspecified atom stereocenters. The molecule has 2 aromatic rings. The molecule has 33 heavy (non-hydrogen) atoms. The van der Waals surface area contributed by atoms with Crippen molar-refractivity contribution in [3.8, 4) is 11.5 Å². The summed E-state index contributed by atoms with van der Waals surface area (Å²) in [7, 11) is 1.57. The van der Waals surface area contributed by atoms with Gasteiger partial charge in [-0.2, -0.15) is 0 Å². The Balaban J connectivity index is 2.03. The Bertz CT molecular complexity index is 1010. The van der Waals surface area contributed by atoms with E-state index in [0.717, 1.165) is 0 Å². The Labute approximate surface area is 194 Å². The molecule has 7 nitrogen and oxygen atoms in total. The highest BCUT2D eigenvalue weighted by Crippen LogP contribution is 2.39. The molecule has 1 amide bonds. The summed E-state index contributed by atoms with van der Waals surface area (Å²) in [5, 5.41) is 11.1. The number of methoxy groups -OCH3 is 1. The number of carbonyl (C=O) groups is 2. The molecule has 0 spiro atoms. The standard InChI is InChI=1S/C26H31NO6/c1-16(2)32-15-14-27-23(18-6-10-20(31-5)11-7-18)22(25(29)26(27)30)24(28)19-8-12-21(13-9-19)33-17(3)4/h6-13,16-17,23,28H,14-15H2,1-5H3/b24-22-. The van der Waals surface area contributed by atoms with Crippen LogP contribution in [0.3, 0.4) is 0 Å². The number of hydrogen-bond acceptors (Lipinski definition) is 6. The van der Waals surface area contributed by atoms with Gasteiger partial charge in [0, 0.05) is 12.1 Å². The summed E-state index contributed by atoms with van der Waals surface area (Å²) in [6.07, 6.45) is 0.00531. The molecule has 0 aliphatic carbocycles. The zero-order valence-corrected chi connectivity index (χ0v) is 19.7. The molecule has 1 heterocycles. The van der Waals surface area contributed by atoms with E-state index < -0.39 is 17.7 Å². The number of carbonyl (C=O) groups excluding carboxylic acids is 2. The third-order valence-corrected chi connectivity index (χ3v) is 5.25. The van der Waals surface area contributed by atoms with E-state index in [2.05, 4.69) is 0 Å². The van der Waals surface area contributed by atoms with E-state index in [1.807, 2.05) is 27.7 Å². The molecule has 1 saturated heterocycles. The van der Waals surface area contributed by atoms with Crippen molar-refractivity contribution in [2.75, 3.05) is 20.3 Å². The van der Waals surface area contributed by atoms with Crippen LogP contribution in [-0.4, -0.2) is 54.2 Å². The quantitative estimate of drug-likeness (QED) is 0.346. The largest absolute Gasteiger partial charge is 0.507 e. The maximum absolute atomic E-state index is 13.0. The second-order valence-electron chi connectivity index (χ2n) is 8.38. The third kappa shape index (κ3) is 5.54. The van der Waals surface area contributed by atoms with Crippen molar-refractivity contribution >= 4 is 17.4 Å². The maximum Gasteiger partial charge on any atom is 0.295 e. The van der Waals surface area contributed by atoms with Crippen molar-refractivity contribution in [3.63, 3.8) is 0 Å². The summed E-state index contributed by atoms with van der Waals surface area (Å²) >= 11 is 0. The number of benzene rings is 2. The van der Waals surface area contributed by atoms with Gasteiger partial charge in [0.2, 0.25) is 0 Å². The molecule has 1 atom stereocenters. The van der Waals surface area contributed by atoms with Crippen LogP contribution in [0.4, 0.5) is 0 Å². The fraction of sp³-hybridized carbons (Fsp3) is 0.385. The Hall–Kier alpha value is -3.32. The summed E-state index contributed by atoms with van der Waals surface area (Å²) in [5.41, 5.74) is 1.18. The third-order valence-electron chi connectivity index (χ3n) is 5.25. The smallest absolute Gasteiger partial charge is 0.295 e. The van der Waals surface area contributed by atoms with Gasteiger partial charge in [0.25, 0.3) is 11.7 Å². The lowest BCUT2D eigenvalue weighted by Crippen LogP contribution is -2.33. The zero-order chi connectivity index (χ0) is 24.1. The summed E-state index contributed by atoms with van der Waals surface area (Å²) in [6.45, 7) is 8.15. The second-order valence-corrected chi connectivity index (χ2v) is 8.38. The lowest BCUT2D eigenvalue weighted by Gasteiger charge is -2.25. The van der Waals surface area contributed by atoms with Crippen LogP contribution in [0.15, 0.2) is 54.1 Å². The number of nitrogens with zero attached hydrogens (tertiary/aromatic N) is 1. The van der Waals surface area contributed by atoms with Gasteiger partial charge < -0.3 is 24.2 Å². The Kier molecular flexibility index (Phi) is 7.76. The SMILES string of the molecule is COc1ccc(C2/C(=C(/O)c3ccc(OC(C)C)cc3)C(=O)C(=O)N2CCOC(C)C)cc1. The highest BCUT2D eigenvalue weighted by molar-refractivity contribution is 6.46. The Morgan fingerprint density at radius 3 is 2.09 bits per heavy atom. The van der Waals surface area contributed by atoms with Crippen LogP contribution >= 0.6 is 0 Å². The van der Waals surface area contributed by atoms with Gasteiger partial charge in [-0.25, -0.2) is 0 Å². The maximum atomic E-state index is 13.0. The molecule has 3 rings (SSSR count). The number of Topliss-reactive ketones (excluding diaryl/α,β-unsaturated/α-hetero) is 1. The topological polar surface area (TPSA) is 85.3 Å². The molecular weight excluding hydrogens is 422 g/mol. The van der Waals surface area contributed by atoms with Crippen LogP contribution in [0.5, 0.6) is 11.5 Å². The van der Waals surface area contributed by atoms with Crippen molar-refractivity contribution < 1.29 is 28.9 Å². The highest BCUT2D eigenvalue weighted by Gasteiger charge is 2.45. The first kappa shape index (κ1) is 24.3. The van der Waals surface area contributed by atoms with Crippen LogP contribution < -0.4 is 9.47 Å². The van der Waals surface area contributed by atoms with Gasteiger partial charge in [0.05, 0.1) is 37.5 Å².